The third-order valence-corrected chi connectivity index (χ3v) is 4.50. The summed E-state index contributed by atoms with van der Waals surface area (Å²) in [5.41, 5.74) is 2.86. The number of nitrogens with zero attached hydrogens (tertiary/aromatic N) is 2. The highest BCUT2D eigenvalue weighted by Gasteiger charge is 2.12. The van der Waals surface area contributed by atoms with Gasteiger partial charge in [-0.15, -0.1) is 0 Å². The molecule has 0 spiro atoms. The second-order valence-electron chi connectivity index (χ2n) is 6.29. The quantitative estimate of drug-likeness (QED) is 0.523. The second kappa shape index (κ2) is 9.08. The van der Waals surface area contributed by atoms with Crippen LogP contribution in [0.2, 0.25) is 0 Å². The minimum Gasteiger partial charge on any atom is -0.493 e. The van der Waals surface area contributed by atoms with Crippen LogP contribution in [-0.4, -0.2) is 36.7 Å². The number of rotatable bonds is 9. The smallest absolute Gasteiger partial charge is 0.203 e. The average Bonchev–Trinajstić information content (AvgIpc) is 3.14. The van der Waals surface area contributed by atoms with E-state index < -0.39 is 0 Å². The zero-order valence-corrected chi connectivity index (χ0v) is 16.3. The van der Waals surface area contributed by atoms with Gasteiger partial charge in [0.1, 0.15) is 0 Å². The molecule has 0 saturated heterocycles. The highest BCUT2D eigenvalue weighted by molar-refractivity contribution is 5.93. The van der Waals surface area contributed by atoms with Crippen molar-refractivity contribution in [2.24, 2.45) is 0 Å². The van der Waals surface area contributed by atoms with Gasteiger partial charge in [-0.1, -0.05) is 18.2 Å². The number of aromatic nitrogens is 2. The van der Waals surface area contributed by atoms with Gasteiger partial charge in [-0.2, -0.15) is 0 Å². The van der Waals surface area contributed by atoms with Crippen molar-refractivity contribution in [3.63, 3.8) is 0 Å². The van der Waals surface area contributed by atoms with Crippen molar-refractivity contribution in [3.8, 4) is 17.2 Å². The molecule has 2 aromatic carbocycles. The van der Waals surface area contributed by atoms with Crippen molar-refractivity contribution >= 4 is 22.9 Å². The first-order valence-electron chi connectivity index (χ1n) is 9.07. The van der Waals surface area contributed by atoms with Gasteiger partial charge in [0, 0.05) is 13.0 Å². The number of aryl methyl sites for hydroxylation is 1. The summed E-state index contributed by atoms with van der Waals surface area (Å²) in [5.74, 6) is 1.71. The molecule has 0 unspecified atom stereocenters. The van der Waals surface area contributed by atoms with Gasteiger partial charge in [0.05, 0.1) is 38.7 Å². The number of fused-ring (bicyclic) bond motifs is 1. The Bertz CT molecular complexity index is 966. The summed E-state index contributed by atoms with van der Waals surface area (Å²) in [5, 5.41) is 0. The van der Waals surface area contributed by atoms with Crippen LogP contribution in [0.25, 0.3) is 17.1 Å². The fourth-order valence-electron chi connectivity index (χ4n) is 3.08. The molecule has 0 N–H and O–H groups in total. The first-order chi connectivity index (χ1) is 13.7. The van der Waals surface area contributed by atoms with Gasteiger partial charge in [-0.3, -0.25) is 4.79 Å². The standard InChI is InChI=1S/C22H24N2O4/c1-26-20-13-16(14-21(27-2)22(20)28-3)10-11-17(25)7-6-12-24-15-23-18-8-4-5-9-19(18)24/h4-5,8-11,13-15H,6-7,12H2,1-3H3/b11-10+. The summed E-state index contributed by atoms with van der Waals surface area (Å²) in [7, 11) is 4.69. The summed E-state index contributed by atoms with van der Waals surface area (Å²) in [6.45, 7) is 0.754. The Balaban J connectivity index is 1.61. The number of carbonyl (C=O) groups excluding carboxylic acids is 1. The van der Waals surface area contributed by atoms with Crippen LogP contribution in [0.1, 0.15) is 18.4 Å². The zero-order valence-electron chi connectivity index (χ0n) is 16.3. The lowest BCUT2D eigenvalue weighted by molar-refractivity contribution is -0.114. The summed E-state index contributed by atoms with van der Waals surface area (Å²) in [4.78, 5) is 16.6. The molecule has 0 aliphatic rings. The number of carbonyl (C=O) groups is 1. The molecule has 0 amide bonds. The number of imidazole rings is 1. The maximum Gasteiger partial charge on any atom is 0.203 e. The van der Waals surface area contributed by atoms with Gasteiger partial charge in [0.15, 0.2) is 17.3 Å². The van der Waals surface area contributed by atoms with E-state index in [-0.39, 0.29) is 5.78 Å². The minimum atomic E-state index is 0.0678. The van der Waals surface area contributed by atoms with E-state index in [0.717, 1.165) is 29.6 Å². The Morgan fingerprint density at radius 2 is 1.79 bits per heavy atom. The van der Waals surface area contributed by atoms with Gasteiger partial charge < -0.3 is 18.8 Å². The molecule has 28 heavy (non-hydrogen) atoms. The Labute approximate surface area is 164 Å². The number of para-hydroxylation sites is 2. The van der Waals surface area contributed by atoms with E-state index in [0.29, 0.717) is 23.7 Å². The van der Waals surface area contributed by atoms with Crippen molar-refractivity contribution in [2.45, 2.75) is 19.4 Å². The maximum absolute atomic E-state index is 12.2. The predicted molar refractivity (Wildman–Crippen MR) is 109 cm³/mol. The average molecular weight is 380 g/mol. The van der Waals surface area contributed by atoms with Crippen molar-refractivity contribution in [1.82, 2.24) is 9.55 Å². The number of hydrogen-bond acceptors (Lipinski definition) is 5. The van der Waals surface area contributed by atoms with Crippen LogP contribution >= 0.6 is 0 Å². The van der Waals surface area contributed by atoms with Crippen LogP contribution in [0, 0.1) is 0 Å². The van der Waals surface area contributed by atoms with Gasteiger partial charge in [0.25, 0.3) is 0 Å². The molecule has 6 heteroatoms. The van der Waals surface area contributed by atoms with Gasteiger partial charge >= 0.3 is 0 Å². The zero-order chi connectivity index (χ0) is 19.9. The third kappa shape index (κ3) is 4.34. The molecule has 0 saturated carbocycles. The lowest BCUT2D eigenvalue weighted by atomic mass is 10.1. The fourth-order valence-corrected chi connectivity index (χ4v) is 3.08. The Morgan fingerprint density at radius 3 is 2.46 bits per heavy atom. The van der Waals surface area contributed by atoms with Crippen LogP contribution in [0.5, 0.6) is 17.2 Å². The van der Waals surface area contributed by atoms with Crippen LogP contribution in [-0.2, 0) is 11.3 Å². The highest BCUT2D eigenvalue weighted by Crippen LogP contribution is 2.38. The highest BCUT2D eigenvalue weighted by atomic mass is 16.5. The summed E-state index contributed by atoms with van der Waals surface area (Å²) < 4.78 is 18.1. The number of methoxy groups -OCH3 is 3. The maximum atomic E-state index is 12.2. The van der Waals surface area contributed by atoms with E-state index in [1.807, 2.05) is 42.7 Å². The molecule has 0 aliphatic carbocycles. The van der Waals surface area contributed by atoms with Gasteiger partial charge in [-0.25, -0.2) is 4.98 Å². The number of ether oxygens (including phenoxy) is 3. The molecule has 1 aromatic heterocycles. The second-order valence-corrected chi connectivity index (χ2v) is 6.29. The molecule has 0 fully saturated rings. The van der Waals surface area contributed by atoms with Gasteiger partial charge in [-0.05, 0) is 42.3 Å². The number of benzene rings is 2. The Hall–Kier alpha value is -3.28. The normalized spacial score (nSPS) is 11.1. The van der Waals surface area contributed by atoms with E-state index >= 15 is 0 Å². The molecule has 146 valence electrons. The monoisotopic (exact) mass is 380 g/mol. The van der Waals surface area contributed by atoms with E-state index in [1.165, 1.54) is 0 Å². The number of hydrogen-bond donors (Lipinski definition) is 0. The number of ketones is 1. The van der Waals surface area contributed by atoms with Crippen molar-refractivity contribution in [3.05, 3.63) is 54.4 Å². The summed E-state index contributed by atoms with van der Waals surface area (Å²) in [6.07, 6.45) is 6.39. The van der Waals surface area contributed by atoms with Crippen LogP contribution < -0.4 is 14.2 Å². The minimum absolute atomic E-state index is 0.0678. The Kier molecular flexibility index (Phi) is 6.32. The molecule has 0 aliphatic heterocycles. The summed E-state index contributed by atoms with van der Waals surface area (Å²) >= 11 is 0. The Morgan fingerprint density at radius 1 is 1.07 bits per heavy atom. The fraction of sp³-hybridized carbons (Fsp3) is 0.273. The largest absolute Gasteiger partial charge is 0.493 e. The van der Waals surface area contributed by atoms with Crippen LogP contribution in [0.3, 0.4) is 0 Å². The molecule has 3 aromatic rings. The van der Waals surface area contributed by atoms with E-state index in [4.69, 9.17) is 14.2 Å². The topological polar surface area (TPSA) is 62.6 Å². The van der Waals surface area contributed by atoms with E-state index in [9.17, 15) is 4.79 Å². The van der Waals surface area contributed by atoms with Gasteiger partial charge in [0.2, 0.25) is 5.75 Å². The molecule has 0 radical (unpaired) electrons. The molecule has 3 rings (SSSR count). The van der Waals surface area contributed by atoms with Crippen molar-refractivity contribution in [2.75, 3.05) is 21.3 Å². The summed E-state index contributed by atoms with van der Waals surface area (Å²) in [6, 6.07) is 11.6. The first kappa shape index (κ1) is 19.5. The van der Waals surface area contributed by atoms with Crippen molar-refractivity contribution in [1.29, 1.82) is 0 Å². The molecule has 6 nitrogen and oxygen atoms in total. The molecule has 0 atom stereocenters. The van der Waals surface area contributed by atoms with Crippen molar-refractivity contribution < 1.29 is 19.0 Å². The first-order valence-corrected chi connectivity index (χ1v) is 9.07. The third-order valence-electron chi connectivity index (χ3n) is 4.50. The SMILES string of the molecule is COc1cc(/C=C/C(=O)CCCn2cnc3ccccc32)cc(OC)c1OC. The number of allylic oxidation sites excluding steroid dienone is 1. The van der Waals surface area contributed by atoms with E-state index in [2.05, 4.69) is 9.55 Å². The lowest BCUT2D eigenvalue weighted by Gasteiger charge is -2.12. The van der Waals surface area contributed by atoms with Crippen LogP contribution in [0.15, 0.2) is 48.8 Å². The predicted octanol–water partition coefficient (Wildman–Crippen LogP) is 4.12. The molecule has 0 bridgehead atoms. The molecular weight excluding hydrogens is 356 g/mol. The molecule has 1 heterocycles. The molecular formula is C22H24N2O4. The van der Waals surface area contributed by atoms with Crippen LogP contribution in [0.4, 0.5) is 0 Å². The van der Waals surface area contributed by atoms with E-state index in [1.54, 1.807) is 33.5 Å². The lowest BCUT2D eigenvalue weighted by Crippen LogP contribution is -2.00.